The van der Waals surface area contributed by atoms with Gasteiger partial charge in [-0.05, 0) is 32.9 Å². The standard InChI is InChI=1S/C20H24N2O7/c1-20(2,3)22-17(23)11-29-19(25)12-9-15(26-4)16(27-5)10-13(12)21-18(24)14-7-6-8-28-14/h6-10H,11H2,1-5H3,(H,21,24)(H,22,23). The van der Waals surface area contributed by atoms with Crippen LogP contribution >= 0.6 is 0 Å². The van der Waals surface area contributed by atoms with Crippen LogP contribution in [-0.4, -0.2) is 44.1 Å². The van der Waals surface area contributed by atoms with E-state index >= 15 is 0 Å². The van der Waals surface area contributed by atoms with E-state index in [0.29, 0.717) is 5.75 Å². The van der Waals surface area contributed by atoms with E-state index in [2.05, 4.69) is 10.6 Å². The Balaban J connectivity index is 2.26. The molecule has 0 aliphatic heterocycles. The van der Waals surface area contributed by atoms with Crippen LogP contribution < -0.4 is 20.1 Å². The molecule has 2 N–H and O–H groups in total. The van der Waals surface area contributed by atoms with Crippen LogP contribution in [0.15, 0.2) is 34.9 Å². The summed E-state index contributed by atoms with van der Waals surface area (Å²) in [5.41, 5.74) is -0.356. The van der Waals surface area contributed by atoms with Crippen LogP contribution in [0.5, 0.6) is 11.5 Å². The van der Waals surface area contributed by atoms with Gasteiger partial charge in [0.15, 0.2) is 23.9 Å². The Morgan fingerprint density at radius 2 is 1.72 bits per heavy atom. The number of furan rings is 1. The summed E-state index contributed by atoms with van der Waals surface area (Å²) < 4.78 is 20.6. The van der Waals surface area contributed by atoms with Crippen LogP contribution in [0.25, 0.3) is 0 Å². The minimum atomic E-state index is -0.815. The van der Waals surface area contributed by atoms with Crippen LogP contribution in [0.3, 0.4) is 0 Å². The Kier molecular flexibility index (Phi) is 6.87. The van der Waals surface area contributed by atoms with Gasteiger partial charge < -0.3 is 29.3 Å². The Bertz CT molecular complexity index is 883. The van der Waals surface area contributed by atoms with Gasteiger partial charge in [0.2, 0.25) is 0 Å². The van der Waals surface area contributed by atoms with E-state index in [4.69, 9.17) is 18.6 Å². The van der Waals surface area contributed by atoms with Gasteiger partial charge in [0.1, 0.15) is 0 Å². The van der Waals surface area contributed by atoms with Crippen molar-refractivity contribution in [3.63, 3.8) is 0 Å². The molecule has 156 valence electrons. The smallest absolute Gasteiger partial charge is 0.340 e. The average molecular weight is 404 g/mol. The molecule has 29 heavy (non-hydrogen) atoms. The summed E-state index contributed by atoms with van der Waals surface area (Å²) in [6, 6.07) is 5.82. The van der Waals surface area contributed by atoms with Crippen molar-refractivity contribution in [2.45, 2.75) is 26.3 Å². The van der Waals surface area contributed by atoms with Gasteiger partial charge in [-0.1, -0.05) is 0 Å². The molecule has 2 amide bonds. The second-order valence-electron chi connectivity index (χ2n) is 7.06. The number of methoxy groups -OCH3 is 2. The maximum absolute atomic E-state index is 12.6. The van der Waals surface area contributed by atoms with Crippen molar-refractivity contribution in [2.24, 2.45) is 0 Å². The molecule has 1 heterocycles. The third-order valence-corrected chi connectivity index (χ3v) is 3.59. The van der Waals surface area contributed by atoms with Crippen molar-refractivity contribution < 1.29 is 33.0 Å². The highest BCUT2D eigenvalue weighted by molar-refractivity contribution is 6.07. The fourth-order valence-electron chi connectivity index (χ4n) is 2.41. The lowest BCUT2D eigenvalue weighted by Gasteiger charge is -2.20. The van der Waals surface area contributed by atoms with Crippen LogP contribution in [0, 0.1) is 0 Å². The minimum absolute atomic E-state index is 0.00823. The Labute approximate surface area is 168 Å². The molecule has 0 bridgehead atoms. The summed E-state index contributed by atoms with van der Waals surface area (Å²) >= 11 is 0. The van der Waals surface area contributed by atoms with Crippen LogP contribution in [0.2, 0.25) is 0 Å². The van der Waals surface area contributed by atoms with Gasteiger partial charge in [0.25, 0.3) is 11.8 Å². The molecule has 0 spiro atoms. The summed E-state index contributed by atoms with van der Waals surface area (Å²) in [7, 11) is 2.83. The van der Waals surface area contributed by atoms with Gasteiger partial charge in [-0.15, -0.1) is 0 Å². The van der Waals surface area contributed by atoms with E-state index in [1.165, 1.54) is 38.7 Å². The number of nitrogens with one attached hydrogen (secondary N) is 2. The Morgan fingerprint density at radius 3 is 2.28 bits per heavy atom. The number of hydrogen-bond acceptors (Lipinski definition) is 7. The lowest BCUT2D eigenvalue weighted by Crippen LogP contribution is -2.42. The normalized spacial score (nSPS) is 10.8. The average Bonchev–Trinajstić information content (AvgIpc) is 3.19. The molecule has 9 heteroatoms. The molecule has 0 saturated heterocycles. The maximum Gasteiger partial charge on any atom is 0.340 e. The van der Waals surface area contributed by atoms with Crippen LogP contribution in [-0.2, 0) is 9.53 Å². The highest BCUT2D eigenvalue weighted by Crippen LogP contribution is 2.34. The quantitative estimate of drug-likeness (QED) is 0.682. The van der Waals surface area contributed by atoms with Crippen molar-refractivity contribution in [1.29, 1.82) is 0 Å². The topological polar surface area (TPSA) is 116 Å². The van der Waals surface area contributed by atoms with Crippen molar-refractivity contribution in [3.8, 4) is 11.5 Å². The molecule has 0 aliphatic rings. The molecule has 0 fully saturated rings. The van der Waals surface area contributed by atoms with Gasteiger partial charge in [-0.25, -0.2) is 4.79 Å². The van der Waals surface area contributed by atoms with Crippen molar-refractivity contribution in [1.82, 2.24) is 5.32 Å². The number of carbonyl (C=O) groups excluding carboxylic acids is 3. The van der Waals surface area contributed by atoms with Gasteiger partial charge >= 0.3 is 5.97 Å². The molecule has 0 saturated carbocycles. The molecule has 0 radical (unpaired) electrons. The van der Waals surface area contributed by atoms with Gasteiger partial charge in [-0.3, -0.25) is 9.59 Å². The third-order valence-electron chi connectivity index (χ3n) is 3.59. The summed E-state index contributed by atoms with van der Waals surface area (Å²) in [4.78, 5) is 36.9. The number of hydrogen-bond donors (Lipinski definition) is 2. The van der Waals surface area contributed by atoms with Crippen LogP contribution in [0.1, 0.15) is 41.7 Å². The molecule has 1 aromatic carbocycles. The van der Waals surface area contributed by atoms with Gasteiger partial charge in [-0.2, -0.15) is 0 Å². The lowest BCUT2D eigenvalue weighted by atomic mass is 10.1. The van der Waals surface area contributed by atoms with E-state index < -0.39 is 29.9 Å². The van der Waals surface area contributed by atoms with Crippen molar-refractivity contribution in [3.05, 3.63) is 41.9 Å². The maximum atomic E-state index is 12.6. The Morgan fingerprint density at radius 1 is 1.07 bits per heavy atom. The van der Waals surface area contributed by atoms with Gasteiger partial charge in [0, 0.05) is 17.7 Å². The summed E-state index contributed by atoms with van der Waals surface area (Å²) in [6.45, 7) is 4.95. The molecular formula is C20H24N2O7. The number of rotatable bonds is 7. The number of ether oxygens (including phenoxy) is 3. The van der Waals surface area contributed by atoms with Crippen molar-refractivity contribution in [2.75, 3.05) is 26.1 Å². The zero-order valence-corrected chi connectivity index (χ0v) is 17.0. The third kappa shape index (κ3) is 6.00. The molecule has 2 aromatic rings. The summed E-state index contributed by atoms with van der Waals surface area (Å²) in [6.07, 6.45) is 1.35. The highest BCUT2D eigenvalue weighted by atomic mass is 16.5. The first kappa shape index (κ1) is 21.8. The molecule has 0 atom stereocenters. The number of amides is 2. The molecule has 2 rings (SSSR count). The molecular weight excluding hydrogens is 380 g/mol. The summed E-state index contributed by atoms with van der Waals surface area (Å²) in [5.74, 6) is -1.22. The first-order valence-electron chi connectivity index (χ1n) is 8.73. The van der Waals surface area contributed by atoms with E-state index in [-0.39, 0.29) is 22.8 Å². The predicted molar refractivity (Wildman–Crippen MR) is 104 cm³/mol. The largest absolute Gasteiger partial charge is 0.493 e. The first-order chi connectivity index (χ1) is 13.6. The van der Waals surface area contributed by atoms with Gasteiger partial charge in [0.05, 0.1) is 31.7 Å². The SMILES string of the molecule is COc1cc(NC(=O)c2ccco2)c(C(=O)OCC(=O)NC(C)(C)C)cc1OC. The molecule has 1 aromatic heterocycles. The summed E-state index contributed by atoms with van der Waals surface area (Å²) in [5, 5.41) is 5.27. The lowest BCUT2D eigenvalue weighted by molar-refractivity contribution is -0.125. The zero-order chi connectivity index (χ0) is 21.6. The number of carbonyl (C=O) groups is 3. The predicted octanol–water partition coefficient (Wildman–Crippen LogP) is 2.62. The molecule has 0 unspecified atom stereocenters. The molecule has 9 nitrogen and oxygen atoms in total. The van der Waals surface area contributed by atoms with Crippen molar-refractivity contribution >= 4 is 23.5 Å². The van der Waals surface area contributed by atoms with E-state index in [9.17, 15) is 14.4 Å². The molecule has 0 aliphatic carbocycles. The second-order valence-corrected chi connectivity index (χ2v) is 7.06. The fourth-order valence-corrected chi connectivity index (χ4v) is 2.41. The minimum Gasteiger partial charge on any atom is -0.493 e. The van der Waals surface area contributed by atoms with E-state index in [1.54, 1.807) is 6.07 Å². The Hall–Kier alpha value is -3.49. The second kappa shape index (κ2) is 9.13. The number of esters is 1. The fraction of sp³-hybridized carbons (Fsp3) is 0.350. The van der Waals surface area contributed by atoms with E-state index in [1.807, 2.05) is 20.8 Å². The first-order valence-corrected chi connectivity index (χ1v) is 8.73. The number of anilines is 1. The van der Waals surface area contributed by atoms with E-state index in [0.717, 1.165) is 0 Å². The van der Waals surface area contributed by atoms with Crippen LogP contribution in [0.4, 0.5) is 5.69 Å². The number of benzene rings is 1. The monoisotopic (exact) mass is 404 g/mol. The highest BCUT2D eigenvalue weighted by Gasteiger charge is 2.22. The zero-order valence-electron chi connectivity index (χ0n) is 17.0.